The van der Waals surface area contributed by atoms with Crippen molar-refractivity contribution >= 4 is 21.9 Å². The number of imidazole rings is 1. The van der Waals surface area contributed by atoms with E-state index in [9.17, 15) is 0 Å². The van der Waals surface area contributed by atoms with Gasteiger partial charge in [0.15, 0.2) is 0 Å². The van der Waals surface area contributed by atoms with Gasteiger partial charge in [-0.05, 0) is 56.9 Å². The average molecular weight is 359 g/mol. The van der Waals surface area contributed by atoms with Gasteiger partial charge in [0.2, 0.25) is 0 Å². The normalized spacial score (nSPS) is 12.6. The molecule has 4 aromatic rings. The molecule has 0 amide bonds. The average Bonchev–Trinajstić information content (AvgIpc) is 3.29. The van der Waals surface area contributed by atoms with Crippen molar-refractivity contribution in [2.24, 2.45) is 0 Å². The van der Waals surface area contributed by atoms with E-state index in [0.717, 1.165) is 44.6 Å². The van der Waals surface area contributed by atoms with Crippen molar-refractivity contribution in [3.63, 3.8) is 0 Å². The van der Waals surface area contributed by atoms with Gasteiger partial charge in [-0.15, -0.1) is 0 Å². The van der Waals surface area contributed by atoms with Crippen LogP contribution >= 0.6 is 0 Å². The van der Waals surface area contributed by atoms with Gasteiger partial charge >= 0.3 is 0 Å². The van der Waals surface area contributed by atoms with Gasteiger partial charge in [-0.2, -0.15) is 5.26 Å². The summed E-state index contributed by atoms with van der Waals surface area (Å²) in [6.07, 6.45) is 1.95. The molecule has 2 heterocycles. The zero-order chi connectivity index (χ0) is 19.1. The summed E-state index contributed by atoms with van der Waals surface area (Å²) in [6, 6.07) is 11.7. The molecule has 2 N–H and O–H groups in total. The predicted octanol–water partition coefficient (Wildman–Crippen LogP) is 3.88. The lowest BCUT2D eigenvalue weighted by Gasteiger charge is -2.26. The summed E-state index contributed by atoms with van der Waals surface area (Å²) >= 11 is 0. The molecule has 1 atom stereocenters. The van der Waals surface area contributed by atoms with Crippen LogP contribution in [0, 0.1) is 18.3 Å². The summed E-state index contributed by atoms with van der Waals surface area (Å²) in [5.41, 5.74) is 5.60. The van der Waals surface area contributed by atoms with Crippen molar-refractivity contribution in [2.45, 2.75) is 13.0 Å². The van der Waals surface area contributed by atoms with Crippen molar-refractivity contribution < 1.29 is 4.74 Å². The third-order valence-corrected chi connectivity index (χ3v) is 4.94. The standard InChI is InChI=1S/C21H21N5O/c1-12-9-17(27-4)18(14-7-8-23-19(12)14)20(26(2)3)21-24-15-6-5-13(11-22)10-16(15)25-21/h5-10,20,23H,1-4H3,(H,24,25). The van der Waals surface area contributed by atoms with Gasteiger partial charge in [-0.3, -0.25) is 4.90 Å². The third kappa shape index (κ3) is 2.73. The van der Waals surface area contributed by atoms with Crippen LogP contribution in [0.2, 0.25) is 0 Å². The Labute approximate surface area is 157 Å². The Balaban J connectivity index is 1.97. The first-order chi connectivity index (χ1) is 13.0. The Hall–Kier alpha value is -3.30. The van der Waals surface area contributed by atoms with E-state index >= 15 is 0 Å². The van der Waals surface area contributed by atoms with Crippen molar-refractivity contribution in [1.82, 2.24) is 19.9 Å². The lowest BCUT2D eigenvalue weighted by molar-refractivity contribution is 0.320. The van der Waals surface area contributed by atoms with Gasteiger partial charge in [0.05, 0.1) is 35.8 Å². The van der Waals surface area contributed by atoms with Crippen LogP contribution in [0.4, 0.5) is 0 Å². The zero-order valence-corrected chi connectivity index (χ0v) is 15.8. The number of methoxy groups -OCH3 is 1. The highest BCUT2D eigenvalue weighted by Crippen LogP contribution is 2.39. The molecule has 27 heavy (non-hydrogen) atoms. The maximum Gasteiger partial charge on any atom is 0.129 e. The third-order valence-electron chi connectivity index (χ3n) is 4.94. The minimum absolute atomic E-state index is 0.128. The van der Waals surface area contributed by atoms with Gasteiger partial charge in [-0.1, -0.05) is 0 Å². The van der Waals surface area contributed by atoms with E-state index in [2.05, 4.69) is 40.0 Å². The molecule has 0 fully saturated rings. The molecule has 0 radical (unpaired) electrons. The summed E-state index contributed by atoms with van der Waals surface area (Å²) in [6.45, 7) is 2.07. The molecule has 0 saturated heterocycles. The quantitative estimate of drug-likeness (QED) is 0.579. The number of nitrogens with zero attached hydrogens (tertiary/aromatic N) is 3. The summed E-state index contributed by atoms with van der Waals surface area (Å²) in [7, 11) is 5.74. The Morgan fingerprint density at radius 2 is 2.04 bits per heavy atom. The molecule has 0 aliphatic heterocycles. The Bertz CT molecular complexity index is 1180. The second-order valence-corrected chi connectivity index (χ2v) is 6.91. The lowest BCUT2D eigenvalue weighted by atomic mass is 9.97. The first-order valence-electron chi connectivity index (χ1n) is 8.74. The first-order valence-corrected chi connectivity index (χ1v) is 8.74. The highest BCUT2D eigenvalue weighted by Gasteiger charge is 2.27. The molecule has 0 spiro atoms. The zero-order valence-electron chi connectivity index (χ0n) is 15.8. The van der Waals surface area contributed by atoms with Crippen LogP contribution < -0.4 is 4.74 Å². The molecule has 4 rings (SSSR count). The molecule has 0 aliphatic rings. The highest BCUT2D eigenvalue weighted by atomic mass is 16.5. The Morgan fingerprint density at radius 1 is 1.22 bits per heavy atom. The number of hydrogen-bond donors (Lipinski definition) is 2. The number of rotatable bonds is 4. The second kappa shape index (κ2) is 6.45. The van der Waals surface area contributed by atoms with Crippen LogP contribution in [-0.4, -0.2) is 41.1 Å². The molecule has 1 unspecified atom stereocenters. The Morgan fingerprint density at radius 3 is 2.74 bits per heavy atom. The molecule has 0 saturated carbocycles. The van der Waals surface area contributed by atoms with Crippen LogP contribution in [0.3, 0.4) is 0 Å². The largest absolute Gasteiger partial charge is 0.496 e. The molecule has 6 heteroatoms. The number of nitrogens with one attached hydrogen (secondary N) is 2. The minimum atomic E-state index is -0.128. The van der Waals surface area contributed by atoms with E-state index in [-0.39, 0.29) is 6.04 Å². The van der Waals surface area contributed by atoms with Gasteiger partial charge in [0.25, 0.3) is 0 Å². The number of aryl methyl sites for hydroxylation is 1. The number of nitriles is 1. The van der Waals surface area contributed by atoms with E-state index < -0.39 is 0 Å². The summed E-state index contributed by atoms with van der Waals surface area (Å²) in [5.74, 6) is 1.64. The summed E-state index contributed by atoms with van der Waals surface area (Å²) in [4.78, 5) is 13.6. The first kappa shape index (κ1) is 17.1. The predicted molar refractivity (Wildman–Crippen MR) is 106 cm³/mol. The minimum Gasteiger partial charge on any atom is -0.496 e. The number of benzene rings is 2. The maximum atomic E-state index is 9.16. The molecule has 136 valence electrons. The highest BCUT2D eigenvalue weighted by molar-refractivity contribution is 5.89. The van der Waals surface area contributed by atoms with Gasteiger partial charge in [-0.25, -0.2) is 4.98 Å². The summed E-state index contributed by atoms with van der Waals surface area (Å²) in [5, 5.41) is 10.3. The second-order valence-electron chi connectivity index (χ2n) is 6.91. The number of hydrogen-bond acceptors (Lipinski definition) is 4. The summed E-state index contributed by atoms with van der Waals surface area (Å²) < 4.78 is 5.74. The SMILES string of the molecule is COc1cc(C)c2[nH]ccc2c1C(c1nc2ccc(C#N)cc2[nH]1)N(C)C. The van der Waals surface area contributed by atoms with E-state index in [1.807, 2.05) is 32.4 Å². The van der Waals surface area contributed by atoms with Crippen molar-refractivity contribution in [2.75, 3.05) is 21.2 Å². The molecular formula is C21H21N5O. The van der Waals surface area contributed by atoms with Crippen molar-refractivity contribution in [3.05, 3.63) is 59.0 Å². The number of aromatic nitrogens is 3. The van der Waals surface area contributed by atoms with Crippen molar-refractivity contribution in [1.29, 1.82) is 5.26 Å². The molecule has 2 aromatic heterocycles. The van der Waals surface area contributed by atoms with Crippen LogP contribution in [-0.2, 0) is 0 Å². The van der Waals surface area contributed by atoms with Gasteiger partial charge in [0, 0.05) is 22.7 Å². The van der Waals surface area contributed by atoms with E-state index in [1.165, 1.54) is 0 Å². The number of H-pyrrole nitrogens is 2. The van der Waals surface area contributed by atoms with E-state index in [4.69, 9.17) is 15.0 Å². The van der Waals surface area contributed by atoms with Crippen LogP contribution in [0.25, 0.3) is 21.9 Å². The number of ether oxygens (including phenoxy) is 1. The topological polar surface area (TPSA) is 80.7 Å². The van der Waals surface area contributed by atoms with Gasteiger partial charge < -0.3 is 14.7 Å². The monoisotopic (exact) mass is 359 g/mol. The van der Waals surface area contributed by atoms with Gasteiger partial charge in [0.1, 0.15) is 11.6 Å². The fourth-order valence-electron chi connectivity index (χ4n) is 3.72. The lowest BCUT2D eigenvalue weighted by Crippen LogP contribution is -2.23. The molecule has 6 nitrogen and oxygen atoms in total. The Kier molecular flexibility index (Phi) is 4.09. The fraction of sp³-hybridized carbons (Fsp3) is 0.238. The van der Waals surface area contributed by atoms with E-state index in [1.54, 1.807) is 13.2 Å². The smallest absolute Gasteiger partial charge is 0.129 e. The molecule has 0 aliphatic carbocycles. The molecular weight excluding hydrogens is 338 g/mol. The number of fused-ring (bicyclic) bond motifs is 2. The van der Waals surface area contributed by atoms with Crippen LogP contribution in [0.1, 0.15) is 28.6 Å². The fourth-order valence-corrected chi connectivity index (χ4v) is 3.72. The van der Waals surface area contributed by atoms with Crippen LogP contribution in [0.5, 0.6) is 5.75 Å². The number of aromatic amines is 2. The van der Waals surface area contributed by atoms with E-state index in [0.29, 0.717) is 5.56 Å². The van der Waals surface area contributed by atoms with Crippen LogP contribution in [0.15, 0.2) is 36.5 Å². The maximum absolute atomic E-state index is 9.16. The molecule has 2 aromatic carbocycles. The van der Waals surface area contributed by atoms with Crippen molar-refractivity contribution in [3.8, 4) is 11.8 Å². The molecule has 0 bridgehead atoms.